The molecule has 3 heteroatoms. The Morgan fingerprint density at radius 3 is 2.72 bits per heavy atom. The van der Waals surface area contributed by atoms with E-state index in [0.29, 0.717) is 11.3 Å². The number of benzene rings is 2. The van der Waals surface area contributed by atoms with Crippen LogP contribution in [0, 0.1) is 5.41 Å². The molecule has 1 nitrogen and oxygen atoms in total. The van der Waals surface area contributed by atoms with E-state index >= 15 is 0 Å². The summed E-state index contributed by atoms with van der Waals surface area (Å²) in [7, 11) is 0. The van der Waals surface area contributed by atoms with Crippen molar-refractivity contribution in [3.8, 4) is 0 Å². The molecule has 2 atom stereocenters. The summed E-state index contributed by atoms with van der Waals surface area (Å²) in [6.45, 7) is 9.69. The van der Waals surface area contributed by atoms with Crippen LogP contribution in [-0.2, 0) is 13.0 Å². The van der Waals surface area contributed by atoms with Gasteiger partial charge in [-0.2, -0.15) is 0 Å². The first kappa shape index (κ1) is 18.5. The summed E-state index contributed by atoms with van der Waals surface area (Å²) >= 11 is 6.64. The molecule has 1 aliphatic heterocycles. The Hall–Kier alpha value is -1.28. The van der Waals surface area contributed by atoms with E-state index in [1.54, 1.807) is 0 Å². The molecule has 1 heterocycles. The van der Waals surface area contributed by atoms with E-state index in [0.717, 1.165) is 30.1 Å². The molecule has 2 aliphatic rings. The molecule has 0 saturated carbocycles. The van der Waals surface area contributed by atoms with Gasteiger partial charge in [-0.1, -0.05) is 73.6 Å². The van der Waals surface area contributed by atoms with Crippen molar-refractivity contribution in [3.63, 3.8) is 0 Å². The van der Waals surface area contributed by atoms with Crippen molar-refractivity contribution < 1.29 is 0 Å². The molecular formula is C22H25Cl2N. The smallest absolute Gasteiger partial charge is 0.0513 e. The van der Waals surface area contributed by atoms with Crippen LogP contribution in [-0.4, -0.2) is 18.0 Å². The molecule has 0 bridgehead atoms. The predicted octanol–water partition coefficient (Wildman–Crippen LogP) is 5.96. The van der Waals surface area contributed by atoms with Crippen molar-refractivity contribution in [2.45, 2.75) is 32.2 Å². The van der Waals surface area contributed by atoms with Gasteiger partial charge in [0.25, 0.3) is 0 Å². The summed E-state index contributed by atoms with van der Waals surface area (Å²) in [6, 6.07) is 15.2. The van der Waals surface area contributed by atoms with Crippen LogP contribution in [0.25, 0.3) is 6.08 Å². The van der Waals surface area contributed by atoms with E-state index in [9.17, 15) is 0 Å². The van der Waals surface area contributed by atoms with E-state index in [1.807, 2.05) is 6.08 Å². The molecule has 2 aromatic rings. The fraction of sp³-hybridized carbons (Fsp3) is 0.364. The second-order valence-electron chi connectivity index (χ2n) is 7.60. The van der Waals surface area contributed by atoms with Crippen LogP contribution in [0.15, 0.2) is 49.0 Å². The molecular weight excluding hydrogens is 349 g/mol. The van der Waals surface area contributed by atoms with Crippen LogP contribution >= 0.6 is 24.0 Å². The third-order valence-corrected chi connectivity index (χ3v) is 6.41. The minimum absolute atomic E-state index is 0. The van der Waals surface area contributed by atoms with Gasteiger partial charge in [0.2, 0.25) is 0 Å². The second-order valence-corrected chi connectivity index (χ2v) is 7.98. The molecule has 0 aromatic heterocycles. The summed E-state index contributed by atoms with van der Waals surface area (Å²) in [6.07, 6.45) is 4.17. The van der Waals surface area contributed by atoms with Gasteiger partial charge in [0.05, 0.1) is 5.02 Å². The Kier molecular flexibility index (Phi) is 5.29. The maximum absolute atomic E-state index is 6.64. The van der Waals surface area contributed by atoms with E-state index in [2.05, 4.69) is 60.9 Å². The SMILES string of the molecule is C=Cc1ccc2c(c1Cl)CC[C@]1(C)CN(Cc3ccccc3)C[C@H]21.Cl. The number of rotatable bonds is 3. The van der Waals surface area contributed by atoms with Gasteiger partial charge in [-0.05, 0) is 40.5 Å². The van der Waals surface area contributed by atoms with Crippen LogP contribution in [0.1, 0.15) is 41.5 Å². The summed E-state index contributed by atoms with van der Waals surface area (Å²) in [4.78, 5) is 2.62. The molecule has 132 valence electrons. The molecule has 0 radical (unpaired) electrons. The van der Waals surface area contributed by atoms with Crippen molar-refractivity contribution in [1.29, 1.82) is 0 Å². The lowest BCUT2D eigenvalue weighted by Gasteiger charge is -2.37. The number of hydrogen-bond donors (Lipinski definition) is 0. The zero-order valence-corrected chi connectivity index (χ0v) is 16.2. The molecule has 1 fully saturated rings. The van der Waals surface area contributed by atoms with E-state index < -0.39 is 0 Å². The number of nitrogens with zero attached hydrogens (tertiary/aromatic N) is 1. The molecule has 25 heavy (non-hydrogen) atoms. The van der Waals surface area contributed by atoms with Crippen molar-refractivity contribution in [3.05, 3.63) is 76.3 Å². The van der Waals surface area contributed by atoms with Crippen LogP contribution in [0.3, 0.4) is 0 Å². The Labute approximate surface area is 162 Å². The van der Waals surface area contributed by atoms with Crippen LogP contribution in [0.4, 0.5) is 0 Å². The zero-order valence-electron chi connectivity index (χ0n) is 14.7. The highest BCUT2D eigenvalue weighted by molar-refractivity contribution is 6.33. The highest BCUT2D eigenvalue weighted by atomic mass is 35.5. The molecule has 4 rings (SSSR count). The monoisotopic (exact) mass is 373 g/mol. The summed E-state index contributed by atoms with van der Waals surface area (Å²) in [5, 5.41) is 0.922. The van der Waals surface area contributed by atoms with Gasteiger partial charge in [0.1, 0.15) is 0 Å². The Morgan fingerprint density at radius 2 is 2.00 bits per heavy atom. The molecule has 0 amide bonds. The van der Waals surface area contributed by atoms with Crippen molar-refractivity contribution in [2.24, 2.45) is 5.41 Å². The molecule has 2 aromatic carbocycles. The number of fused-ring (bicyclic) bond motifs is 3. The van der Waals surface area contributed by atoms with Gasteiger partial charge in [0, 0.05) is 25.6 Å². The summed E-state index contributed by atoms with van der Waals surface area (Å²) < 4.78 is 0. The van der Waals surface area contributed by atoms with Gasteiger partial charge < -0.3 is 0 Å². The van der Waals surface area contributed by atoms with Crippen molar-refractivity contribution >= 4 is 30.1 Å². The maximum Gasteiger partial charge on any atom is 0.0513 e. The Morgan fingerprint density at radius 1 is 1.24 bits per heavy atom. The first-order valence-electron chi connectivity index (χ1n) is 8.81. The molecule has 1 saturated heterocycles. The summed E-state index contributed by atoms with van der Waals surface area (Å²) in [5.74, 6) is 0.585. The normalized spacial score (nSPS) is 25.0. The first-order chi connectivity index (χ1) is 11.6. The lowest BCUT2D eigenvalue weighted by atomic mass is 9.67. The van der Waals surface area contributed by atoms with E-state index in [-0.39, 0.29) is 12.4 Å². The largest absolute Gasteiger partial charge is 0.298 e. The Balaban J connectivity index is 0.00000182. The van der Waals surface area contributed by atoms with Crippen LogP contribution in [0.2, 0.25) is 5.02 Å². The van der Waals surface area contributed by atoms with Crippen LogP contribution < -0.4 is 0 Å². The van der Waals surface area contributed by atoms with Crippen molar-refractivity contribution in [1.82, 2.24) is 4.90 Å². The quantitative estimate of drug-likeness (QED) is 0.641. The van der Waals surface area contributed by atoms with Gasteiger partial charge in [-0.25, -0.2) is 0 Å². The second kappa shape index (κ2) is 7.15. The van der Waals surface area contributed by atoms with Gasteiger partial charge in [-0.15, -0.1) is 12.4 Å². The number of halogens is 2. The fourth-order valence-corrected chi connectivity index (χ4v) is 5.00. The highest BCUT2D eigenvalue weighted by Gasteiger charge is 2.46. The third kappa shape index (κ3) is 3.26. The average Bonchev–Trinajstić information content (AvgIpc) is 2.92. The van der Waals surface area contributed by atoms with Gasteiger partial charge in [-0.3, -0.25) is 4.90 Å². The minimum atomic E-state index is 0. The van der Waals surface area contributed by atoms with Crippen LogP contribution in [0.5, 0.6) is 0 Å². The predicted molar refractivity (Wildman–Crippen MR) is 110 cm³/mol. The molecule has 0 unspecified atom stereocenters. The lowest BCUT2D eigenvalue weighted by molar-refractivity contribution is 0.240. The average molecular weight is 374 g/mol. The topological polar surface area (TPSA) is 3.24 Å². The number of hydrogen-bond acceptors (Lipinski definition) is 1. The minimum Gasteiger partial charge on any atom is -0.298 e. The number of likely N-dealkylation sites (tertiary alicyclic amines) is 1. The first-order valence-corrected chi connectivity index (χ1v) is 9.18. The third-order valence-electron chi connectivity index (χ3n) is 5.97. The van der Waals surface area contributed by atoms with Gasteiger partial charge in [0.15, 0.2) is 0 Å². The maximum atomic E-state index is 6.64. The van der Waals surface area contributed by atoms with E-state index in [4.69, 9.17) is 11.6 Å². The fourth-order valence-electron chi connectivity index (χ4n) is 4.66. The molecule has 1 aliphatic carbocycles. The molecule has 0 N–H and O–H groups in total. The van der Waals surface area contributed by atoms with Gasteiger partial charge >= 0.3 is 0 Å². The zero-order chi connectivity index (χ0) is 16.7. The van der Waals surface area contributed by atoms with Crippen molar-refractivity contribution in [2.75, 3.05) is 13.1 Å². The Bertz CT molecular complexity index is 771. The van der Waals surface area contributed by atoms with E-state index in [1.165, 1.54) is 29.7 Å². The standard InChI is InChI=1S/C22H24ClN.ClH/c1-3-17-9-10-18-19(21(17)23)11-12-22(2)15-24(14-20(18)22)13-16-7-5-4-6-8-16;/h3-10,20H,1,11-15H2,2H3;1H/t20-,22-;/m1./s1. The molecule has 0 spiro atoms. The lowest BCUT2D eigenvalue weighted by Crippen LogP contribution is -2.30. The highest BCUT2D eigenvalue weighted by Crippen LogP contribution is 2.52. The summed E-state index contributed by atoms with van der Waals surface area (Å²) in [5.41, 5.74) is 5.66.